The highest BCUT2D eigenvalue weighted by Crippen LogP contribution is 2.53. The average molecular weight is 943 g/mol. The molecule has 0 amide bonds. The van der Waals surface area contributed by atoms with Crippen molar-refractivity contribution in [1.82, 2.24) is 14.6 Å². The number of phosphoric ester groups is 1. The molecule has 1 fully saturated rings. The van der Waals surface area contributed by atoms with Crippen LogP contribution in [0.25, 0.3) is 5.52 Å². The Morgan fingerprint density at radius 1 is 0.985 bits per heavy atom. The molecule has 4 aromatic rings. The maximum absolute atomic E-state index is 14.5. The monoisotopic (exact) mass is 942 g/mol. The van der Waals surface area contributed by atoms with E-state index < -0.39 is 43.8 Å². The molecule has 1 aliphatic rings. The van der Waals surface area contributed by atoms with Gasteiger partial charge in [-0.2, -0.15) is 15.6 Å². The first-order chi connectivity index (χ1) is 31.2. The summed E-state index contributed by atoms with van der Waals surface area (Å²) in [6, 6.07) is 18.1. The number of nitrogens with two attached hydrogens (primary N) is 1. The lowest BCUT2D eigenvalue weighted by molar-refractivity contribution is -0.127. The van der Waals surface area contributed by atoms with E-state index >= 15 is 0 Å². The molecule has 356 valence electrons. The molecule has 2 aromatic heterocycles. The molecule has 0 radical (unpaired) electrons. The summed E-state index contributed by atoms with van der Waals surface area (Å²) < 4.78 is 66.4. The minimum Gasteiger partial charge on any atom is -0.402 e. The van der Waals surface area contributed by atoms with Crippen molar-refractivity contribution in [2.75, 3.05) is 32.2 Å². The molecule has 15 nitrogen and oxygen atoms in total. The normalized spacial score (nSPS) is 17.5. The Balaban J connectivity index is 0.00000175. The number of para-hydroxylation sites is 1. The number of aliphatic hydroxyl groups is 2. The summed E-state index contributed by atoms with van der Waals surface area (Å²) in [7, 11) is -4.54. The van der Waals surface area contributed by atoms with Gasteiger partial charge in [0.25, 0.3) is 0 Å². The first-order valence-corrected chi connectivity index (χ1v) is 24.3. The van der Waals surface area contributed by atoms with Crippen molar-refractivity contribution in [1.29, 1.82) is 10.5 Å². The van der Waals surface area contributed by atoms with E-state index in [-0.39, 0.29) is 42.6 Å². The summed E-state index contributed by atoms with van der Waals surface area (Å²) in [6.07, 6.45) is 16.7. The zero-order chi connectivity index (χ0) is 47.1. The van der Waals surface area contributed by atoms with Gasteiger partial charge in [-0.25, -0.2) is 18.5 Å². The third-order valence-corrected chi connectivity index (χ3v) is 12.1. The number of benzene rings is 2. The predicted molar refractivity (Wildman–Crippen MR) is 245 cm³/mol. The number of phosphoric acid groups is 1. The van der Waals surface area contributed by atoms with Crippen molar-refractivity contribution in [2.24, 2.45) is 0 Å². The molecule has 4 atom stereocenters. The van der Waals surface area contributed by atoms with E-state index in [0.717, 1.165) is 25.3 Å². The number of aromatic nitrogens is 3. The molecule has 2 aromatic carbocycles. The third kappa shape index (κ3) is 19.3. The molecular formula is C47H65ClFN6O9P. The summed E-state index contributed by atoms with van der Waals surface area (Å²) >= 11 is 6.39. The van der Waals surface area contributed by atoms with Crippen LogP contribution in [-0.4, -0.2) is 68.7 Å². The standard InChI is InChI=1S/C44H57ClFN6O7P.C3H8O2/c1-2-3-4-5-6-7-8-9-10-11-12-13-16-23-54-29-37(55-28-35-24-34(27-47)25-36(46)26-35)30-56-60(53,59-41-18-15-14-17-38(41)45)57-32-44(31-48)22-21-42(58-44)39-19-20-40-43(49)50-33-51-52(39)40;1-3(2,4)5/h14-15,17-20,24-26,33,37,42H,2-13,16,21-23,28-30,32H2,1H3,(H2,49,50,51);4-5H,1-2H3. The summed E-state index contributed by atoms with van der Waals surface area (Å²) in [4.78, 5) is 4.03. The Morgan fingerprint density at radius 3 is 2.29 bits per heavy atom. The molecule has 4 unspecified atom stereocenters. The van der Waals surface area contributed by atoms with Crippen LogP contribution in [0.2, 0.25) is 5.02 Å². The zero-order valence-corrected chi connectivity index (χ0v) is 39.5. The molecule has 65 heavy (non-hydrogen) atoms. The van der Waals surface area contributed by atoms with Crippen LogP contribution < -0.4 is 10.3 Å². The van der Waals surface area contributed by atoms with Crippen LogP contribution in [0.15, 0.2) is 60.9 Å². The highest BCUT2D eigenvalue weighted by atomic mass is 35.5. The maximum Gasteiger partial charge on any atom is 0.530 e. The van der Waals surface area contributed by atoms with Crippen molar-refractivity contribution < 1.29 is 47.0 Å². The second-order valence-corrected chi connectivity index (χ2v) is 18.7. The number of halogens is 2. The molecule has 0 aliphatic carbocycles. The Kier molecular flexibility index (Phi) is 22.6. The lowest BCUT2D eigenvalue weighted by Crippen LogP contribution is -2.33. The van der Waals surface area contributed by atoms with E-state index in [4.69, 9.17) is 55.3 Å². The van der Waals surface area contributed by atoms with E-state index in [1.807, 2.05) is 6.07 Å². The fourth-order valence-corrected chi connectivity index (χ4v) is 8.60. The van der Waals surface area contributed by atoms with E-state index in [1.54, 1.807) is 34.8 Å². The Labute approximate surface area is 387 Å². The van der Waals surface area contributed by atoms with Crippen molar-refractivity contribution in [3.05, 3.63) is 88.6 Å². The molecule has 1 aliphatic heterocycles. The summed E-state index contributed by atoms with van der Waals surface area (Å²) in [5.74, 6) is -1.74. The number of anilines is 1. The fraction of sp³-hybridized carbons (Fsp3) is 0.574. The molecule has 0 spiro atoms. The first-order valence-electron chi connectivity index (χ1n) is 22.5. The van der Waals surface area contributed by atoms with Gasteiger partial charge in [-0.05, 0) is 81.1 Å². The Bertz CT molecular complexity index is 2170. The number of rotatable bonds is 28. The number of hydrogen-bond acceptors (Lipinski definition) is 14. The summed E-state index contributed by atoms with van der Waals surface area (Å²) in [5, 5.41) is 40.3. The highest BCUT2D eigenvalue weighted by Gasteiger charge is 2.45. The van der Waals surface area contributed by atoms with Crippen molar-refractivity contribution in [3.63, 3.8) is 0 Å². The second kappa shape index (κ2) is 27.4. The number of ether oxygens (including phenoxy) is 3. The molecule has 3 heterocycles. The van der Waals surface area contributed by atoms with Crippen LogP contribution in [0.5, 0.6) is 5.75 Å². The third-order valence-electron chi connectivity index (χ3n) is 10.4. The van der Waals surface area contributed by atoms with Crippen LogP contribution in [-0.2, 0) is 34.4 Å². The van der Waals surface area contributed by atoms with Gasteiger partial charge in [0.2, 0.25) is 0 Å². The van der Waals surface area contributed by atoms with Crippen LogP contribution in [0.3, 0.4) is 0 Å². The lowest BCUT2D eigenvalue weighted by Gasteiger charge is -2.26. The van der Waals surface area contributed by atoms with Gasteiger partial charge in [0, 0.05) is 6.61 Å². The molecular weight excluding hydrogens is 878 g/mol. The van der Waals surface area contributed by atoms with Crippen molar-refractivity contribution in [2.45, 2.75) is 147 Å². The van der Waals surface area contributed by atoms with E-state index in [1.165, 1.54) is 103 Å². The molecule has 4 N–H and O–H groups in total. The molecule has 1 saturated heterocycles. The summed E-state index contributed by atoms with van der Waals surface area (Å²) in [6.45, 7) is 4.48. The summed E-state index contributed by atoms with van der Waals surface area (Å²) in [5.41, 5.74) is 6.35. The maximum atomic E-state index is 14.5. The fourth-order valence-electron chi connectivity index (χ4n) is 7.08. The number of fused-ring (bicyclic) bond motifs is 1. The predicted octanol–water partition coefficient (Wildman–Crippen LogP) is 10.7. The van der Waals surface area contributed by atoms with Gasteiger partial charge in [-0.15, -0.1) is 0 Å². The van der Waals surface area contributed by atoms with E-state index in [2.05, 4.69) is 23.1 Å². The van der Waals surface area contributed by atoms with Crippen molar-refractivity contribution >= 4 is 30.8 Å². The number of nitrogens with zero attached hydrogens (tertiary/aromatic N) is 5. The van der Waals surface area contributed by atoms with Gasteiger partial charge >= 0.3 is 7.82 Å². The quantitative estimate of drug-likeness (QED) is 0.0274. The van der Waals surface area contributed by atoms with Gasteiger partial charge in [-0.1, -0.05) is 108 Å². The minimum atomic E-state index is -4.54. The second-order valence-electron chi connectivity index (χ2n) is 16.7. The SMILES string of the molecule is CC(C)(O)O.CCCCCCCCCCCCCCCOCC(COP(=O)(OCC1(C#N)CCC(c2ccc3c(N)ncnn23)O1)Oc1ccccc1Cl)OCc1cc(F)cc(C#N)c1. The number of nitriles is 2. The van der Waals surface area contributed by atoms with Crippen LogP contribution >= 0.6 is 19.4 Å². The zero-order valence-electron chi connectivity index (χ0n) is 37.8. The van der Waals surface area contributed by atoms with Crippen LogP contribution in [0.1, 0.15) is 140 Å². The average Bonchev–Trinajstić information content (AvgIpc) is 3.91. The van der Waals surface area contributed by atoms with Gasteiger partial charge in [0.05, 0.1) is 42.2 Å². The molecule has 5 rings (SSSR count). The van der Waals surface area contributed by atoms with Crippen LogP contribution in [0.4, 0.5) is 10.2 Å². The first kappa shape index (κ1) is 53.4. The largest absolute Gasteiger partial charge is 0.530 e. The number of hydrogen-bond donors (Lipinski definition) is 3. The van der Waals surface area contributed by atoms with Gasteiger partial charge in [0.15, 0.2) is 17.2 Å². The minimum absolute atomic E-state index is 0.0376. The van der Waals surface area contributed by atoms with Crippen LogP contribution in [0, 0.1) is 28.5 Å². The topological polar surface area (TPSA) is 217 Å². The molecule has 0 saturated carbocycles. The highest BCUT2D eigenvalue weighted by molar-refractivity contribution is 7.49. The molecule has 0 bridgehead atoms. The molecule has 18 heteroatoms. The smallest absolute Gasteiger partial charge is 0.402 e. The van der Waals surface area contributed by atoms with Crippen molar-refractivity contribution in [3.8, 4) is 17.9 Å². The number of unbranched alkanes of at least 4 members (excludes halogenated alkanes) is 12. The number of nitrogen functional groups attached to an aromatic ring is 1. The van der Waals surface area contributed by atoms with Gasteiger partial charge in [-0.3, -0.25) is 9.05 Å². The van der Waals surface area contributed by atoms with E-state index in [9.17, 15) is 19.5 Å². The van der Waals surface area contributed by atoms with Gasteiger partial charge in [0.1, 0.15) is 48.3 Å². The lowest BCUT2D eigenvalue weighted by atomic mass is 10.0. The Morgan fingerprint density at radius 2 is 1.65 bits per heavy atom. The Hall–Kier alpha value is -4.19. The van der Waals surface area contributed by atoms with E-state index in [0.29, 0.717) is 35.6 Å². The van der Waals surface area contributed by atoms with Gasteiger partial charge < -0.3 is 34.7 Å².